The lowest BCUT2D eigenvalue weighted by atomic mass is 10.1. The highest BCUT2D eigenvalue weighted by Crippen LogP contribution is 2.27. The Morgan fingerprint density at radius 1 is 1.62 bits per heavy atom. The number of phenolic OH excluding ortho intramolecular Hbond substituents is 1. The zero-order valence-corrected chi connectivity index (χ0v) is 7.10. The van der Waals surface area contributed by atoms with Crippen LogP contribution in [0, 0.1) is 10.1 Å². The van der Waals surface area contributed by atoms with Crippen LogP contribution in [0.1, 0.15) is 18.5 Å². The molecule has 3 N–H and O–H groups in total. The predicted molar refractivity (Wildman–Crippen MR) is 47.4 cm³/mol. The molecule has 0 aliphatic heterocycles. The Labute approximate surface area is 74.9 Å². The highest BCUT2D eigenvalue weighted by atomic mass is 16.6. The number of aromatic hydroxyl groups is 1. The molecule has 0 aliphatic carbocycles. The minimum atomic E-state index is -0.638. The minimum Gasteiger partial charge on any atom is -0.502 e. The van der Waals surface area contributed by atoms with Crippen LogP contribution in [0.3, 0.4) is 0 Å². The third-order valence-corrected chi connectivity index (χ3v) is 1.72. The van der Waals surface area contributed by atoms with Crippen molar-refractivity contribution in [1.82, 2.24) is 0 Å². The van der Waals surface area contributed by atoms with Crippen molar-refractivity contribution in [2.75, 3.05) is 0 Å². The number of hydrogen-bond acceptors (Lipinski definition) is 4. The molecule has 5 heteroatoms. The van der Waals surface area contributed by atoms with Gasteiger partial charge in [0.2, 0.25) is 0 Å². The maximum absolute atomic E-state index is 10.4. The fraction of sp³-hybridized carbons (Fsp3) is 0.250. The summed E-state index contributed by atoms with van der Waals surface area (Å²) in [5.41, 5.74) is 5.85. The molecule has 1 atom stereocenters. The van der Waals surface area contributed by atoms with Crippen LogP contribution >= 0.6 is 0 Å². The van der Waals surface area contributed by atoms with Crippen molar-refractivity contribution in [3.63, 3.8) is 0 Å². The van der Waals surface area contributed by atoms with E-state index >= 15 is 0 Å². The standard InChI is InChI=1S/C8H10N2O3/c1-5(9)6-2-3-8(11)7(4-6)10(12)13/h2-5,11H,9H2,1H3/t5-/m0/s1. The van der Waals surface area contributed by atoms with Gasteiger partial charge in [0.25, 0.3) is 0 Å². The summed E-state index contributed by atoms with van der Waals surface area (Å²) in [6.45, 7) is 1.72. The molecule has 1 rings (SSSR count). The van der Waals surface area contributed by atoms with E-state index in [9.17, 15) is 10.1 Å². The summed E-state index contributed by atoms with van der Waals surface area (Å²) in [5.74, 6) is -0.339. The van der Waals surface area contributed by atoms with Crippen molar-refractivity contribution in [1.29, 1.82) is 0 Å². The van der Waals surface area contributed by atoms with Gasteiger partial charge in [-0.3, -0.25) is 10.1 Å². The molecular weight excluding hydrogens is 172 g/mol. The molecule has 1 aromatic rings. The van der Waals surface area contributed by atoms with Gasteiger partial charge in [0.15, 0.2) is 5.75 Å². The van der Waals surface area contributed by atoms with E-state index in [-0.39, 0.29) is 17.5 Å². The summed E-state index contributed by atoms with van der Waals surface area (Å²) in [5, 5.41) is 19.5. The maximum atomic E-state index is 10.4. The second-order valence-corrected chi connectivity index (χ2v) is 2.79. The van der Waals surface area contributed by atoms with Crippen LogP contribution in [0.15, 0.2) is 18.2 Å². The van der Waals surface area contributed by atoms with Gasteiger partial charge in [0.1, 0.15) is 0 Å². The van der Waals surface area contributed by atoms with Crippen LogP contribution in [-0.2, 0) is 0 Å². The number of nitrogens with two attached hydrogens (primary N) is 1. The van der Waals surface area contributed by atoms with E-state index < -0.39 is 4.92 Å². The molecule has 0 aromatic heterocycles. The summed E-state index contributed by atoms with van der Waals surface area (Å²) >= 11 is 0. The van der Waals surface area contributed by atoms with Crippen molar-refractivity contribution >= 4 is 5.69 Å². The Balaban J connectivity index is 3.19. The van der Waals surface area contributed by atoms with Gasteiger partial charge in [-0.2, -0.15) is 0 Å². The van der Waals surface area contributed by atoms with Crippen LogP contribution < -0.4 is 5.73 Å². The molecular formula is C8H10N2O3. The van der Waals surface area contributed by atoms with Crippen molar-refractivity contribution in [2.24, 2.45) is 5.73 Å². The fourth-order valence-electron chi connectivity index (χ4n) is 0.970. The zero-order valence-electron chi connectivity index (χ0n) is 7.10. The molecule has 0 spiro atoms. The number of benzene rings is 1. The third kappa shape index (κ3) is 1.94. The number of hydrogen-bond donors (Lipinski definition) is 2. The second kappa shape index (κ2) is 3.40. The number of nitrogens with zero attached hydrogens (tertiary/aromatic N) is 1. The SMILES string of the molecule is C[C@H](N)c1ccc(O)c([N+](=O)[O-])c1. The molecule has 0 bridgehead atoms. The quantitative estimate of drug-likeness (QED) is 0.533. The maximum Gasteiger partial charge on any atom is 0.311 e. The van der Waals surface area contributed by atoms with Crippen molar-refractivity contribution < 1.29 is 10.0 Å². The average Bonchev–Trinajstić information content (AvgIpc) is 2.04. The van der Waals surface area contributed by atoms with E-state index in [4.69, 9.17) is 10.8 Å². The van der Waals surface area contributed by atoms with Crippen molar-refractivity contribution in [3.05, 3.63) is 33.9 Å². The second-order valence-electron chi connectivity index (χ2n) is 2.79. The van der Waals surface area contributed by atoms with Crippen LogP contribution in [0.4, 0.5) is 5.69 Å². The molecule has 0 aliphatic rings. The summed E-state index contributed by atoms with van der Waals surface area (Å²) in [6, 6.07) is 3.84. The number of phenols is 1. The van der Waals surface area contributed by atoms with E-state index in [1.54, 1.807) is 13.0 Å². The van der Waals surface area contributed by atoms with Gasteiger partial charge in [-0.05, 0) is 18.6 Å². The number of nitro benzene ring substituents is 1. The first-order chi connectivity index (χ1) is 6.02. The van der Waals surface area contributed by atoms with Crippen LogP contribution in [0.2, 0.25) is 0 Å². The molecule has 0 saturated heterocycles. The van der Waals surface area contributed by atoms with Gasteiger partial charge >= 0.3 is 5.69 Å². The minimum absolute atomic E-state index is 0.278. The molecule has 0 heterocycles. The van der Waals surface area contributed by atoms with Crippen molar-refractivity contribution in [2.45, 2.75) is 13.0 Å². The highest BCUT2D eigenvalue weighted by Gasteiger charge is 2.14. The van der Waals surface area contributed by atoms with E-state index in [2.05, 4.69) is 0 Å². The van der Waals surface area contributed by atoms with E-state index in [0.717, 1.165) is 0 Å². The first kappa shape index (κ1) is 9.47. The predicted octanol–water partition coefficient (Wildman–Crippen LogP) is 1.32. The van der Waals surface area contributed by atoms with Gasteiger partial charge in [0, 0.05) is 12.1 Å². The van der Waals surface area contributed by atoms with Crippen LogP contribution in [-0.4, -0.2) is 10.0 Å². The Kier molecular flexibility index (Phi) is 2.48. The normalized spacial score (nSPS) is 12.5. The molecule has 70 valence electrons. The summed E-state index contributed by atoms with van der Waals surface area (Å²) in [4.78, 5) is 9.76. The zero-order chi connectivity index (χ0) is 10.0. The lowest BCUT2D eigenvalue weighted by molar-refractivity contribution is -0.385. The number of nitro groups is 1. The Morgan fingerprint density at radius 3 is 2.69 bits per heavy atom. The molecule has 0 amide bonds. The first-order valence-corrected chi connectivity index (χ1v) is 3.75. The third-order valence-electron chi connectivity index (χ3n) is 1.72. The van der Waals surface area contributed by atoms with Crippen molar-refractivity contribution in [3.8, 4) is 5.75 Å². The van der Waals surface area contributed by atoms with Gasteiger partial charge in [-0.1, -0.05) is 6.07 Å². The summed E-state index contributed by atoms with van der Waals surface area (Å²) < 4.78 is 0. The topological polar surface area (TPSA) is 89.4 Å². The van der Waals surface area contributed by atoms with Crippen LogP contribution in [0.5, 0.6) is 5.75 Å². The van der Waals surface area contributed by atoms with Gasteiger partial charge in [-0.15, -0.1) is 0 Å². The highest BCUT2D eigenvalue weighted by molar-refractivity contribution is 5.48. The average molecular weight is 182 g/mol. The Hall–Kier alpha value is -1.62. The van der Waals surface area contributed by atoms with E-state index in [0.29, 0.717) is 5.56 Å². The summed E-state index contributed by atoms with van der Waals surface area (Å²) in [6.07, 6.45) is 0. The monoisotopic (exact) mass is 182 g/mol. The molecule has 0 radical (unpaired) electrons. The van der Waals surface area contributed by atoms with Gasteiger partial charge in [-0.25, -0.2) is 0 Å². The molecule has 0 fully saturated rings. The molecule has 5 nitrogen and oxygen atoms in total. The molecule has 0 saturated carbocycles. The van der Waals surface area contributed by atoms with Gasteiger partial charge < -0.3 is 10.8 Å². The largest absolute Gasteiger partial charge is 0.502 e. The fourth-order valence-corrected chi connectivity index (χ4v) is 0.970. The lowest BCUT2D eigenvalue weighted by Crippen LogP contribution is -2.05. The number of rotatable bonds is 2. The molecule has 13 heavy (non-hydrogen) atoms. The van der Waals surface area contributed by atoms with Crippen LogP contribution in [0.25, 0.3) is 0 Å². The van der Waals surface area contributed by atoms with E-state index in [1.807, 2.05) is 0 Å². The van der Waals surface area contributed by atoms with Gasteiger partial charge in [0.05, 0.1) is 4.92 Å². The Morgan fingerprint density at radius 2 is 2.23 bits per heavy atom. The summed E-state index contributed by atoms with van der Waals surface area (Å²) in [7, 11) is 0. The molecule has 1 aromatic carbocycles. The van der Waals surface area contributed by atoms with E-state index in [1.165, 1.54) is 12.1 Å². The Bertz CT molecular complexity index is 336. The first-order valence-electron chi connectivity index (χ1n) is 3.75. The lowest BCUT2D eigenvalue weighted by Gasteiger charge is -2.04. The molecule has 0 unspecified atom stereocenters. The smallest absolute Gasteiger partial charge is 0.311 e.